The number of fused-ring (bicyclic) bond motifs is 1. The molecule has 156 valence electrons. The summed E-state index contributed by atoms with van der Waals surface area (Å²) in [6.45, 7) is 7.08. The van der Waals surface area contributed by atoms with Crippen LogP contribution in [0.2, 0.25) is 0 Å². The zero-order valence-corrected chi connectivity index (χ0v) is 17.7. The molecule has 7 nitrogen and oxygen atoms in total. The number of likely N-dealkylation sites (tertiary alicyclic amines) is 1. The van der Waals surface area contributed by atoms with Crippen molar-refractivity contribution >= 4 is 17.3 Å². The first-order chi connectivity index (χ1) is 14.6. The number of hydrogen-bond donors (Lipinski definition) is 2. The lowest BCUT2D eigenvalue weighted by molar-refractivity contribution is -0.901. The van der Waals surface area contributed by atoms with Gasteiger partial charge in [0.25, 0.3) is 5.91 Å². The summed E-state index contributed by atoms with van der Waals surface area (Å²) in [7, 11) is 1.71. The van der Waals surface area contributed by atoms with Crippen LogP contribution in [0.3, 0.4) is 0 Å². The van der Waals surface area contributed by atoms with Crippen molar-refractivity contribution < 1.29 is 14.4 Å². The van der Waals surface area contributed by atoms with Gasteiger partial charge < -0.3 is 9.64 Å². The molecule has 1 fully saturated rings. The Balaban J connectivity index is 1.54. The van der Waals surface area contributed by atoms with Gasteiger partial charge in [-0.2, -0.15) is 5.10 Å². The molecule has 1 aliphatic rings. The van der Waals surface area contributed by atoms with E-state index in [0.717, 1.165) is 29.2 Å². The van der Waals surface area contributed by atoms with E-state index in [1.54, 1.807) is 16.4 Å². The zero-order chi connectivity index (χ0) is 21.1. The number of hydrogen-bond acceptors (Lipinski definition) is 4. The van der Waals surface area contributed by atoms with Crippen molar-refractivity contribution in [2.24, 2.45) is 5.10 Å². The quantitative estimate of drug-likeness (QED) is 0.486. The van der Waals surface area contributed by atoms with Gasteiger partial charge >= 0.3 is 0 Å². The number of aromatic nitrogens is 2. The van der Waals surface area contributed by atoms with Crippen molar-refractivity contribution in [2.45, 2.75) is 33.2 Å². The van der Waals surface area contributed by atoms with Gasteiger partial charge in [-0.3, -0.25) is 9.20 Å². The van der Waals surface area contributed by atoms with E-state index >= 15 is 0 Å². The predicted molar refractivity (Wildman–Crippen MR) is 116 cm³/mol. The molecule has 1 aromatic carbocycles. The number of nitrogens with zero attached hydrogens (tertiary/aromatic N) is 3. The first-order valence-electron chi connectivity index (χ1n) is 10.4. The van der Waals surface area contributed by atoms with Crippen molar-refractivity contribution in [1.29, 1.82) is 0 Å². The Morgan fingerprint density at radius 1 is 1.27 bits per heavy atom. The molecule has 0 aliphatic carbocycles. The van der Waals surface area contributed by atoms with Gasteiger partial charge in [0, 0.05) is 24.6 Å². The Bertz CT molecular complexity index is 1100. The summed E-state index contributed by atoms with van der Waals surface area (Å²) < 4.78 is 7.34. The Morgan fingerprint density at radius 3 is 2.83 bits per heavy atom. The number of carbonyl (C=O) groups is 1. The summed E-state index contributed by atoms with van der Waals surface area (Å²) >= 11 is 0. The standard InChI is InChI=1S/C23H27N5O2/c1-16(18-9-10-20(30-3)19(14-18)15-27-11-6-7-12-27)25-26-23(29)22-17(2)24-21-8-4-5-13-28(21)22/h4-5,8-10,13-14H,6-7,11-12,15H2,1-3H3,(H,26,29)/p+1/b25-16-. The summed E-state index contributed by atoms with van der Waals surface area (Å²) in [4.78, 5) is 18.8. The van der Waals surface area contributed by atoms with Crippen LogP contribution in [0.15, 0.2) is 47.7 Å². The zero-order valence-electron chi connectivity index (χ0n) is 17.7. The lowest BCUT2D eigenvalue weighted by Crippen LogP contribution is -3.08. The number of ether oxygens (including phenoxy) is 1. The van der Waals surface area contributed by atoms with E-state index in [1.165, 1.54) is 31.5 Å². The maximum atomic E-state index is 12.8. The van der Waals surface area contributed by atoms with Crippen molar-refractivity contribution in [3.05, 3.63) is 65.1 Å². The minimum Gasteiger partial charge on any atom is -0.496 e. The van der Waals surface area contributed by atoms with Crippen LogP contribution in [0, 0.1) is 6.92 Å². The number of nitrogens with one attached hydrogen (secondary N) is 2. The Morgan fingerprint density at radius 2 is 2.07 bits per heavy atom. The number of pyridine rings is 1. The molecule has 0 saturated carbocycles. The van der Waals surface area contributed by atoms with Crippen molar-refractivity contribution in [2.75, 3.05) is 20.2 Å². The third-order valence-electron chi connectivity index (χ3n) is 5.69. The topological polar surface area (TPSA) is 72.4 Å². The van der Waals surface area contributed by atoms with Crippen molar-refractivity contribution in [3.8, 4) is 5.75 Å². The molecule has 0 atom stereocenters. The van der Waals surface area contributed by atoms with Gasteiger partial charge in [-0.05, 0) is 49.7 Å². The third kappa shape index (κ3) is 4.07. The average molecular weight is 407 g/mol. The first-order valence-corrected chi connectivity index (χ1v) is 10.4. The molecule has 0 radical (unpaired) electrons. The van der Waals surface area contributed by atoms with E-state index in [2.05, 4.69) is 21.6 Å². The van der Waals surface area contributed by atoms with Crippen LogP contribution < -0.4 is 15.1 Å². The molecule has 2 aromatic heterocycles. The monoisotopic (exact) mass is 406 g/mol. The Hall–Kier alpha value is -3.19. The first kappa shape index (κ1) is 20.1. The Labute approximate surface area is 176 Å². The number of carbonyl (C=O) groups excluding carboxylic acids is 1. The van der Waals surface area contributed by atoms with Gasteiger partial charge in [-0.1, -0.05) is 6.07 Å². The molecule has 3 heterocycles. The molecule has 2 N–H and O–H groups in total. The largest absolute Gasteiger partial charge is 0.496 e. The lowest BCUT2D eigenvalue weighted by Gasteiger charge is -2.15. The molecule has 30 heavy (non-hydrogen) atoms. The van der Waals surface area contributed by atoms with Gasteiger partial charge in [-0.25, -0.2) is 10.4 Å². The number of methoxy groups -OCH3 is 1. The van der Waals surface area contributed by atoms with Crippen LogP contribution >= 0.6 is 0 Å². The van der Waals surface area contributed by atoms with E-state index in [4.69, 9.17) is 4.74 Å². The molecule has 0 bridgehead atoms. The fraction of sp³-hybridized carbons (Fsp3) is 0.348. The Kier molecular flexibility index (Phi) is 5.81. The highest BCUT2D eigenvalue weighted by Crippen LogP contribution is 2.20. The fourth-order valence-corrected chi connectivity index (χ4v) is 4.10. The van der Waals surface area contributed by atoms with E-state index in [1.807, 2.05) is 50.4 Å². The number of quaternary nitrogens is 1. The average Bonchev–Trinajstić information content (AvgIpc) is 3.38. The highest BCUT2D eigenvalue weighted by Gasteiger charge is 2.19. The number of imidazole rings is 1. The maximum Gasteiger partial charge on any atom is 0.290 e. The molecule has 1 aliphatic heterocycles. The number of hydrazone groups is 1. The second-order valence-corrected chi connectivity index (χ2v) is 7.77. The predicted octanol–water partition coefficient (Wildman–Crippen LogP) is 1.98. The summed E-state index contributed by atoms with van der Waals surface area (Å²) in [6, 6.07) is 11.7. The van der Waals surface area contributed by atoms with Crippen molar-refractivity contribution in [3.63, 3.8) is 0 Å². The fourth-order valence-electron chi connectivity index (χ4n) is 4.10. The van der Waals surface area contributed by atoms with Gasteiger partial charge in [0.1, 0.15) is 23.6 Å². The molecular weight excluding hydrogens is 378 g/mol. The van der Waals surface area contributed by atoms with Gasteiger partial charge in [-0.15, -0.1) is 0 Å². The highest BCUT2D eigenvalue weighted by molar-refractivity contribution is 6.01. The lowest BCUT2D eigenvalue weighted by atomic mass is 10.1. The van der Waals surface area contributed by atoms with Crippen molar-refractivity contribution in [1.82, 2.24) is 14.8 Å². The second kappa shape index (κ2) is 8.67. The van der Waals surface area contributed by atoms with Crippen LogP contribution in [0.4, 0.5) is 0 Å². The van der Waals surface area contributed by atoms with Gasteiger partial charge in [0.2, 0.25) is 0 Å². The minimum atomic E-state index is -0.277. The molecule has 0 unspecified atom stereocenters. The normalized spacial score (nSPS) is 15.0. The smallest absolute Gasteiger partial charge is 0.290 e. The molecule has 7 heteroatoms. The van der Waals surface area contributed by atoms with Crippen LogP contribution in [0.1, 0.15) is 47.1 Å². The van der Waals surface area contributed by atoms with E-state index < -0.39 is 0 Å². The maximum absolute atomic E-state index is 12.8. The molecular formula is C23H28N5O2+. The number of rotatable bonds is 6. The number of aryl methyl sites for hydroxylation is 1. The van der Waals surface area contributed by atoms with Crippen LogP contribution in [0.25, 0.3) is 5.65 Å². The summed E-state index contributed by atoms with van der Waals surface area (Å²) in [5.41, 5.74) is 7.49. The van der Waals surface area contributed by atoms with Gasteiger partial charge in [0.05, 0.1) is 31.6 Å². The molecule has 4 rings (SSSR count). The summed E-state index contributed by atoms with van der Waals surface area (Å²) in [5.74, 6) is 0.622. The van der Waals surface area contributed by atoms with E-state index in [-0.39, 0.29) is 5.91 Å². The molecule has 1 saturated heterocycles. The summed E-state index contributed by atoms with van der Waals surface area (Å²) in [5, 5.41) is 4.36. The van der Waals surface area contributed by atoms with Crippen LogP contribution in [0.5, 0.6) is 5.75 Å². The summed E-state index contributed by atoms with van der Waals surface area (Å²) in [6.07, 6.45) is 4.40. The minimum absolute atomic E-state index is 0.277. The van der Waals surface area contributed by atoms with Crippen LogP contribution in [-0.4, -0.2) is 41.2 Å². The second-order valence-electron chi connectivity index (χ2n) is 7.77. The van der Waals surface area contributed by atoms with Gasteiger partial charge in [0.15, 0.2) is 0 Å². The van der Waals surface area contributed by atoms with E-state index in [9.17, 15) is 4.79 Å². The molecule has 1 amide bonds. The highest BCUT2D eigenvalue weighted by atomic mass is 16.5. The molecule has 0 spiro atoms. The SMILES string of the molecule is COc1ccc(/C(C)=N\NC(=O)c2c(C)nc3ccccn23)cc1C[NH+]1CCCC1. The molecule has 3 aromatic rings. The number of amides is 1. The number of benzene rings is 1. The van der Waals surface area contributed by atoms with E-state index in [0.29, 0.717) is 11.4 Å². The van der Waals surface area contributed by atoms with Crippen LogP contribution in [-0.2, 0) is 6.54 Å². The third-order valence-corrected chi connectivity index (χ3v) is 5.69.